The topological polar surface area (TPSA) is 55.4 Å². The molecule has 0 radical (unpaired) electrons. The summed E-state index contributed by atoms with van der Waals surface area (Å²) in [5, 5.41) is 3.68. The molecule has 1 heterocycles. The van der Waals surface area contributed by atoms with E-state index in [0.29, 0.717) is 26.9 Å². The molecular weight excluding hydrogens is 357 g/mol. The second kappa shape index (κ2) is 7.44. The van der Waals surface area contributed by atoms with E-state index in [1.54, 1.807) is 12.1 Å². The van der Waals surface area contributed by atoms with Gasteiger partial charge in [0.1, 0.15) is 0 Å². The molecule has 1 amide bonds. The number of carbonyl (C=O) groups excluding carboxylic acids is 2. The zero-order valence-electron chi connectivity index (χ0n) is 12.5. The number of hydrogen-bond acceptors (Lipinski definition) is 3. The number of carbonyl (C=O) groups is 2. The second-order valence-corrected chi connectivity index (χ2v) is 7.69. The van der Waals surface area contributed by atoms with Crippen LogP contribution in [0.5, 0.6) is 0 Å². The molecule has 0 unspecified atom stereocenters. The Balaban J connectivity index is 1.55. The van der Waals surface area contributed by atoms with Gasteiger partial charge in [0.05, 0.1) is 0 Å². The molecule has 2 atom stereocenters. The van der Waals surface area contributed by atoms with Crippen LogP contribution < -0.4 is 9.78 Å². The number of benzene rings is 2. The summed E-state index contributed by atoms with van der Waals surface area (Å²) in [7, 11) is 0. The quantitative estimate of drug-likeness (QED) is 0.639. The SMILES string of the molecule is O=C1N[C@H](CC[Se]c2ccccc2)C(=O)O[C@H]1c1ccccc1. The summed E-state index contributed by atoms with van der Waals surface area (Å²) in [4.78, 5) is 24.3. The molecule has 0 aromatic heterocycles. The number of esters is 1. The van der Waals surface area contributed by atoms with Crippen LogP contribution in [0.15, 0.2) is 60.7 Å². The molecule has 0 aliphatic carbocycles. The Kier molecular flexibility index (Phi) is 5.11. The van der Waals surface area contributed by atoms with Crippen molar-refractivity contribution in [3.05, 3.63) is 66.2 Å². The summed E-state index contributed by atoms with van der Waals surface area (Å²) in [5.41, 5.74) is 0.699. The third-order valence-electron chi connectivity index (χ3n) is 3.59. The monoisotopic (exact) mass is 375 g/mol. The molecule has 3 rings (SSSR count). The molecule has 5 heteroatoms. The van der Waals surface area contributed by atoms with E-state index in [0.717, 1.165) is 5.32 Å². The number of ether oxygens (including phenoxy) is 1. The standard InChI is InChI=1S/C18H17NO3Se/c20-17-16(13-7-3-1-4-8-13)22-18(21)15(19-17)11-12-23-14-9-5-2-6-10-14/h1-10,15-16H,11-12H2,(H,19,20)/t15-,16+/m1/s1. The van der Waals surface area contributed by atoms with Gasteiger partial charge in [-0.15, -0.1) is 0 Å². The summed E-state index contributed by atoms with van der Waals surface area (Å²) in [5.74, 6) is -0.588. The van der Waals surface area contributed by atoms with E-state index in [1.807, 2.05) is 36.4 Å². The van der Waals surface area contributed by atoms with E-state index < -0.39 is 12.1 Å². The predicted molar refractivity (Wildman–Crippen MR) is 88.5 cm³/mol. The summed E-state index contributed by atoms with van der Waals surface area (Å²) < 4.78 is 6.65. The van der Waals surface area contributed by atoms with Crippen molar-refractivity contribution in [3.63, 3.8) is 0 Å². The van der Waals surface area contributed by atoms with Gasteiger partial charge in [-0.2, -0.15) is 0 Å². The number of amides is 1. The Labute approximate surface area is 141 Å². The third kappa shape index (κ3) is 4.00. The second-order valence-electron chi connectivity index (χ2n) is 5.24. The van der Waals surface area contributed by atoms with Crippen molar-refractivity contribution in [1.82, 2.24) is 5.32 Å². The summed E-state index contributed by atoms with van der Waals surface area (Å²) in [6.45, 7) is 0. The molecule has 1 saturated heterocycles. The van der Waals surface area contributed by atoms with Gasteiger partial charge < -0.3 is 0 Å². The van der Waals surface area contributed by atoms with Crippen LogP contribution in [-0.4, -0.2) is 32.9 Å². The van der Waals surface area contributed by atoms with Crippen molar-refractivity contribution in [2.24, 2.45) is 0 Å². The average Bonchev–Trinajstić information content (AvgIpc) is 2.59. The van der Waals surface area contributed by atoms with Gasteiger partial charge in [0.25, 0.3) is 0 Å². The van der Waals surface area contributed by atoms with Crippen LogP contribution in [0.3, 0.4) is 0 Å². The van der Waals surface area contributed by atoms with Gasteiger partial charge in [0, 0.05) is 0 Å². The maximum absolute atomic E-state index is 12.2. The molecule has 1 aliphatic rings. The van der Waals surface area contributed by atoms with Crippen LogP contribution in [0.25, 0.3) is 0 Å². The zero-order chi connectivity index (χ0) is 16.1. The molecule has 0 saturated carbocycles. The van der Waals surface area contributed by atoms with Crippen molar-refractivity contribution >= 4 is 31.3 Å². The molecule has 118 valence electrons. The van der Waals surface area contributed by atoms with Gasteiger partial charge in [-0.05, 0) is 0 Å². The van der Waals surface area contributed by atoms with Crippen LogP contribution in [0, 0.1) is 0 Å². The Morgan fingerprint density at radius 2 is 1.61 bits per heavy atom. The molecule has 2 aromatic carbocycles. The van der Waals surface area contributed by atoms with Crippen LogP contribution in [-0.2, 0) is 14.3 Å². The molecule has 1 fully saturated rings. The number of morpholine rings is 1. The van der Waals surface area contributed by atoms with Crippen LogP contribution in [0.2, 0.25) is 5.32 Å². The zero-order valence-corrected chi connectivity index (χ0v) is 14.2. The predicted octanol–water partition coefficient (Wildman–Crippen LogP) is 1.61. The van der Waals surface area contributed by atoms with Crippen molar-refractivity contribution in [3.8, 4) is 0 Å². The minimum absolute atomic E-state index is 0.243. The van der Waals surface area contributed by atoms with E-state index in [4.69, 9.17) is 4.74 Å². The first-order valence-electron chi connectivity index (χ1n) is 7.48. The molecule has 0 spiro atoms. The van der Waals surface area contributed by atoms with E-state index >= 15 is 0 Å². The van der Waals surface area contributed by atoms with Gasteiger partial charge in [0.15, 0.2) is 0 Å². The number of cyclic esters (lactones) is 1. The van der Waals surface area contributed by atoms with Crippen LogP contribution in [0.4, 0.5) is 0 Å². The first kappa shape index (κ1) is 15.8. The Bertz CT molecular complexity index is 675. The normalized spacial score (nSPS) is 20.7. The average molecular weight is 374 g/mol. The molecule has 23 heavy (non-hydrogen) atoms. The number of hydrogen-bond donors (Lipinski definition) is 1. The first-order chi connectivity index (χ1) is 11.2. The van der Waals surface area contributed by atoms with Crippen LogP contribution in [0.1, 0.15) is 18.1 Å². The van der Waals surface area contributed by atoms with Crippen molar-refractivity contribution in [2.45, 2.75) is 23.9 Å². The van der Waals surface area contributed by atoms with Gasteiger partial charge in [-0.25, -0.2) is 0 Å². The van der Waals surface area contributed by atoms with Gasteiger partial charge >= 0.3 is 141 Å². The van der Waals surface area contributed by atoms with E-state index in [9.17, 15) is 9.59 Å². The fraction of sp³-hybridized carbons (Fsp3) is 0.222. The number of rotatable bonds is 5. The summed E-state index contributed by atoms with van der Waals surface area (Å²) in [6, 6.07) is 18.7. The minimum atomic E-state index is -0.834. The van der Waals surface area contributed by atoms with Crippen molar-refractivity contribution in [2.75, 3.05) is 0 Å². The van der Waals surface area contributed by atoms with Gasteiger partial charge in [-0.3, -0.25) is 0 Å². The Morgan fingerprint density at radius 3 is 2.30 bits per heavy atom. The molecular formula is C18H17NO3Se. The van der Waals surface area contributed by atoms with Gasteiger partial charge in [-0.1, -0.05) is 0 Å². The first-order valence-corrected chi connectivity index (χ1v) is 9.54. The van der Waals surface area contributed by atoms with E-state index in [2.05, 4.69) is 17.4 Å². The van der Waals surface area contributed by atoms with Crippen LogP contribution >= 0.6 is 0 Å². The van der Waals surface area contributed by atoms with E-state index in [1.165, 1.54) is 4.46 Å². The Hall–Kier alpha value is -2.10. The van der Waals surface area contributed by atoms with Crippen molar-refractivity contribution < 1.29 is 14.3 Å². The molecule has 0 bridgehead atoms. The van der Waals surface area contributed by atoms with E-state index in [-0.39, 0.29) is 11.9 Å². The fourth-order valence-electron chi connectivity index (χ4n) is 2.41. The third-order valence-corrected chi connectivity index (χ3v) is 5.79. The molecule has 2 aromatic rings. The fourth-order valence-corrected chi connectivity index (χ4v) is 4.38. The Morgan fingerprint density at radius 1 is 0.957 bits per heavy atom. The molecule has 1 N–H and O–H groups in total. The number of nitrogens with one attached hydrogen (secondary N) is 1. The summed E-state index contributed by atoms with van der Waals surface area (Å²) >= 11 is 0.294. The molecule has 4 nitrogen and oxygen atoms in total. The maximum atomic E-state index is 12.2. The summed E-state index contributed by atoms with van der Waals surface area (Å²) in [6.07, 6.45) is -0.222. The van der Waals surface area contributed by atoms with Gasteiger partial charge in [0.2, 0.25) is 0 Å². The molecule has 1 aliphatic heterocycles. The van der Waals surface area contributed by atoms with Crippen molar-refractivity contribution in [1.29, 1.82) is 0 Å².